The van der Waals surface area contributed by atoms with E-state index in [1.807, 2.05) is 12.1 Å². The lowest BCUT2D eigenvalue weighted by molar-refractivity contribution is 0.212. The fourth-order valence-corrected chi connectivity index (χ4v) is 2.17. The van der Waals surface area contributed by atoms with E-state index in [-0.39, 0.29) is 0 Å². The number of alkyl halides is 1. The number of halogens is 2. The van der Waals surface area contributed by atoms with Crippen molar-refractivity contribution >= 4 is 28.9 Å². The van der Waals surface area contributed by atoms with Crippen molar-refractivity contribution in [2.24, 2.45) is 0 Å². The van der Waals surface area contributed by atoms with Crippen molar-refractivity contribution in [1.29, 1.82) is 0 Å². The SMILES string of the molecule is OC1Cc2cc(CCCl)c(Cl)cc2N1. The molecule has 0 saturated carbocycles. The molecular weight excluding hydrogens is 221 g/mol. The molecule has 1 aliphatic rings. The van der Waals surface area contributed by atoms with Crippen LogP contribution in [0.5, 0.6) is 0 Å². The van der Waals surface area contributed by atoms with Crippen LogP contribution in [0, 0.1) is 0 Å². The van der Waals surface area contributed by atoms with Gasteiger partial charge in [-0.3, -0.25) is 0 Å². The number of hydrogen-bond donors (Lipinski definition) is 2. The fourth-order valence-electron chi connectivity index (χ4n) is 1.70. The molecule has 2 nitrogen and oxygen atoms in total. The van der Waals surface area contributed by atoms with Crippen molar-refractivity contribution in [2.75, 3.05) is 11.2 Å². The average molecular weight is 232 g/mol. The van der Waals surface area contributed by atoms with E-state index >= 15 is 0 Å². The summed E-state index contributed by atoms with van der Waals surface area (Å²) in [6.07, 6.45) is 0.929. The van der Waals surface area contributed by atoms with Crippen LogP contribution < -0.4 is 5.32 Å². The zero-order valence-electron chi connectivity index (χ0n) is 7.56. The van der Waals surface area contributed by atoms with E-state index in [9.17, 15) is 5.11 Å². The van der Waals surface area contributed by atoms with Crippen molar-refractivity contribution in [3.63, 3.8) is 0 Å². The number of fused-ring (bicyclic) bond motifs is 1. The summed E-state index contributed by atoms with van der Waals surface area (Å²) in [5.74, 6) is 0.564. The number of aliphatic hydroxyl groups is 1. The molecule has 14 heavy (non-hydrogen) atoms. The van der Waals surface area contributed by atoms with Gasteiger partial charge in [-0.1, -0.05) is 17.7 Å². The smallest absolute Gasteiger partial charge is 0.128 e. The maximum Gasteiger partial charge on any atom is 0.128 e. The summed E-state index contributed by atoms with van der Waals surface area (Å²) in [4.78, 5) is 0. The van der Waals surface area contributed by atoms with Crippen LogP contribution in [-0.4, -0.2) is 17.2 Å². The number of nitrogens with one attached hydrogen (secondary N) is 1. The lowest BCUT2D eigenvalue weighted by Crippen LogP contribution is -2.12. The van der Waals surface area contributed by atoms with Gasteiger partial charge < -0.3 is 10.4 Å². The number of benzene rings is 1. The highest BCUT2D eigenvalue weighted by atomic mass is 35.5. The Labute approximate surface area is 92.8 Å². The van der Waals surface area contributed by atoms with Gasteiger partial charge in [-0.2, -0.15) is 0 Å². The average Bonchev–Trinajstić information content (AvgIpc) is 2.45. The van der Waals surface area contributed by atoms with Gasteiger partial charge in [0.2, 0.25) is 0 Å². The zero-order valence-corrected chi connectivity index (χ0v) is 9.07. The lowest BCUT2D eigenvalue weighted by Gasteiger charge is -2.06. The third-order valence-corrected chi connectivity index (χ3v) is 2.91. The van der Waals surface area contributed by atoms with Crippen LogP contribution >= 0.6 is 23.2 Å². The molecule has 0 fully saturated rings. The van der Waals surface area contributed by atoms with Crippen LogP contribution in [0.25, 0.3) is 0 Å². The summed E-state index contributed by atoms with van der Waals surface area (Å²) in [6, 6.07) is 3.87. The number of hydrogen-bond acceptors (Lipinski definition) is 2. The quantitative estimate of drug-likeness (QED) is 0.767. The van der Waals surface area contributed by atoms with Crippen LogP contribution in [0.4, 0.5) is 5.69 Å². The largest absolute Gasteiger partial charge is 0.373 e. The van der Waals surface area contributed by atoms with E-state index in [1.54, 1.807) is 0 Å². The first-order valence-electron chi connectivity index (χ1n) is 4.52. The minimum Gasteiger partial charge on any atom is -0.373 e. The van der Waals surface area contributed by atoms with E-state index in [0.717, 1.165) is 23.2 Å². The molecule has 0 spiro atoms. The van der Waals surface area contributed by atoms with Crippen molar-refractivity contribution in [2.45, 2.75) is 19.1 Å². The molecular formula is C10H11Cl2NO. The Hall–Kier alpha value is -0.440. The summed E-state index contributed by atoms with van der Waals surface area (Å²) in [6.45, 7) is 0. The van der Waals surface area contributed by atoms with Crippen LogP contribution in [0.15, 0.2) is 12.1 Å². The van der Waals surface area contributed by atoms with E-state index in [2.05, 4.69) is 5.32 Å². The molecule has 1 atom stereocenters. The maximum atomic E-state index is 9.38. The van der Waals surface area contributed by atoms with E-state index in [4.69, 9.17) is 23.2 Å². The number of aliphatic hydroxyl groups excluding tert-OH is 1. The lowest BCUT2D eigenvalue weighted by atomic mass is 10.1. The number of anilines is 1. The molecule has 1 aromatic rings. The summed E-state index contributed by atoms with van der Waals surface area (Å²) in [5, 5.41) is 13.0. The minimum atomic E-state index is -0.479. The summed E-state index contributed by atoms with van der Waals surface area (Å²) >= 11 is 11.7. The first-order valence-corrected chi connectivity index (χ1v) is 5.44. The fraction of sp³-hybridized carbons (Fsp3) is 0.400. The predicted octanol–water partition coefficient (Wildman–Crippen LogP) is 2.41. The molecule has 0 amide bonds. The first kappa shape index (κ1) is 10.1. The molecule has 1 aliphatic heterocycles. The molecule has 1 aromatic carbocycles. The topological polar surface area (TPSA) is 32.3 Å². The Morgan fingerprint density at radius 3 is 3.00 bits per heavy atom. The second kappa shape index (κ2) is 3.97. The molecule has 76 valence electrons. The summed E-state index contributed by atoms with van der Waals surface area (Å²) in [7, 11) is 0. The van der Waals surface area contributed by atoms with Gasteiger partial charge in [0.15, 0.2) is 0 Å². The van der Waals surface area contributed by atoms with Crippen molar-refractivity contribution in [1.82, 2.24) is 0 Å². The molecule has 4 heteroatoms. The Kier molecular flexibility index (Phi) is 2.86. The van der Waals surface area contributed by atoms with Gasteiger partial charge in [0.25, 0.3) is 0 Å². The molecule has 0 bridgehead atoms. The van der Waals surface area contributed by atoms with Gasteiger partial charge in [0, 0.05) is 23.0 Å². The molecule has 0 saturated heterocycles. The van der Waals surface area contributed by atoms with Crippen LogP contribution in [0.3, 0.4) is 0 Å². The predicted molar refractivity (Wildman–Crippen MR) is 59.2 cm³/mol. The number of rotatable bonds is 2. The molecule has 0 aromatic heterocycles. The molecule has 2 rings (SSSR count). The van der Waals surface area contributed by atoms with Gasteiger partial charge in [0.05, 0.1) is 0 Å². The Balaban J connectivity index is 2.35. The second-order valence-electron chi connectivity index (χ2n) is 3.40. The third kappa shape index (κ3) is 1.83. The van der Waals surface area contributed by atoms with Crippen LogP contribution in [0.2, 0.25) is 5.02 Å². The van der Waals surface area contributed by atoms with Crippen LogP contribution in [0.1, 0.15) is 11.1 Å². The van der Waals surface area contributed by atoms with Gasteiger partial charge >= 0.3 is 0 Å². The standard InChI is InChI=1S/C10H11Cl2NO/c11-2-1-6-3-7-4-10(14)13-9(7)5-8(6)12/h3,5,10,13-14H,1-2,4H2. The summed E-state index contributed by atoms with van der Waals surface area (Å²) in [5.41, 5.74) is 3.10. The van der Waals surface area contributed by atoms with E-state index < -0.39 is 6.23 Å². The Morgan fingerprint density at radius 2 is 2.29 bits per heavy atom. The Bertz CT molecular complexity index is 353. The zero-order chi connectivity index (χ0) is 10.1. The highest BCUT2D eigenvalue weighted by Gasteiger charge is 2.19. The highest BCUT2D eigenvalue weighted by Crippen LogP contribution is 2.31. The van der Waals surface area contributed by atoms with E-state index in [0.29, 0.717) is 17.3 Å². The maximum absolute atomic E-state index is 9.38. The van der Waals surface area contributed by atoms with E-state index in [1.165, 1.54) is 0 Å². The van der Waals surface area contributed by atoms with Gasteiger partial charge in [-0.15, -0.1) is 11.6 Å². The monoisotopic (exact) mass is 231 g/mol. The minimum absolute atomic E-state index is 0.479. The number of aryl methyl sites for hydroxylation is 1. The van der Waals surface area contributed by atoms with Gasteiger partial charge in [-0.05, 0) is 23.6 Å². The van der Waals surface area contributed by atoms with Gasteiger partial charge in [-0.25, -0.2) is 0 Å². The normalized spacial score (nSPS) is 19.2. The molecule has 0 aliphatic carbocycles. The second-order valence-corrected chi connectivity index (χ2v) is 4.19. The van der Waals surface area contributed by atoms with Gasteiger partial charge in [0.1, 0.15) is 6.23 Å². The van der Waals surface area contributed by atoms with Crippen molar-refractivity contribution in [3.8, 4) is 0 Å². The third-order valence-electron chi connectivity index (χ3n) is 2.37. The Morgan fingerprint density at radius 1 is 1.50 bits per heavy atom. The molecule has 2 N–H and O–H groups in total. The summed E-state index contributed by atoms with van der Waals surface area (Å²) < 4.78 is 0. The van der Waals surface area contributed by atoms with Crippen molar-refractivity contribution in [3.05, 3.63) is 28.3 Å². The molecule has 1 heterocycles. The highest BCUT2D eigenvalue weighted by molar-refractivity contribution is 6.31. The van der Waals surface area contributed by atoms with Crippen molar-refractivity contribution < 1.29 is 5.11 Å². The first-order chi connectivity index (χ1) is 6.70. The molecule has 0 radical (unpaired) electrons. The van der Waals surface area contributed by atoms with Crippen LogP contribution in [-0.2, 0) is 12.8 Å². The molecule has 1 unspecified atom stereocenters.